The van der Waals surface area contributed by atoms with Gasteiger partial charge in [-0.25, -0.2) is 4.98 Å². The fraction of sp³-hybridized carbons (Fsp3) is 0.733. The van der Waals surface area contributed by atoms with Crippen LogP contribution in [0.4, 0.5) is 5.95 Å². The van der Waals surface area contributed by atoms with E-state index in [9.17, 15) is 0 Å². The molecule has 1 aromatic heterocycles. The number of hydrogen-bond donors (Lipinski definition) is 1. The Kier molecular flexibility index (Phi) is 5.00. The fourth-order valence-electron chi connectivity index (χ4n) is 2.62. The van der Waals surface area contributed by atoms with E-state index in [0.29, 0.717) is 11.8 Å². The van der Waals surface area contributed by atoms with E-state index in [2.05, 4.69) is 47.9 Å². The summed E-state index contributed by atoms with van der Waals surface area (Å²) in [6, 6.07) is 1.74. The quantitative estimate of drug-likeness (QED) is 0.893. The highest BCUT2D eigenvalue weighted by Crippen LogP contribution is 2.21. The van der Waals surface area contributed by atoms with Crippen LogP contribution in [-0.2, 0) is 4.74 Å². The Hall–Kier alpha value is -1.40. The summed E-state index contributed by atoms with van der Waals surface area (Å²) in [5.41, 5.74) is -0.00125. The second kappa shape index (κ2) is 6.58. The van der Waals surface area contributed by atoms with Crippen molar-refractivity contribution in [2.45, 2.75) is 45.4 Å². The molecule has 2 atom stereocenters. The third kappa shape index (κ3) is 4.28. The summed E-state index contributed by atoms with van der Waals surface area (Å²) >= 11 is 0. The Morgan fingerprint density at radius 3 is 2.67 bits per heavy atom. The van der Waals surface area contributed by atoms with Gasteiger partial charge in [-0.15, -0.1) is 0 Å². The molecule has 1 aliphatic rings. The number of aromatic nitrogens is 2. The van der Waals surface area contributed by atoms with Gasteiger partial charge in [0.2, 0.25) is 11.8 Å². The first-order chi connectivity index (χ1) is 9.90. The molecule has 2 heterocycles. The number of nitrogens with zero attached hydrogens (tertiary/aromatic N) is 3. The number of nitrogens with one attached hydrogen (secondary N) is 1. The van der Waals surface area contributed by atoms with Gasteiger partial charge in [0.05, 0.1) is 19.3 Å². The van der Waals surface area contributed by atoms with Gasteiger partial charge in [-0.05, 0) is 27.7 Å². The fourth-order valence-corrected chi connectivity index (χ4v) is 2.62. The monoisotopic (exact) mass is 294 g/mol. The Labute approximate surface area is 126 Å². The molecule has 0 radical (unpaired) electrons. The minimum atomic E-state index is -0.00125. The SMILES string of the molecule is COc1ccnc(NCC(C)(C)N2C[C@H](C)O[C@@H](C)C2)n1. The van der Waals surface area contributed by atoms with Crippen molar-refractivity contribution >= 4 is 5.95 Å². The first-order valence-electron chi connectivity index (χ1n) is 7.42. The lowest BCUT2D eigenvalue weighted by Gasteiger charge is -2.45. The standard InChI is InChI=1S/C15H26N4O2/c1-11-8-19(9-12(2)21-11)15(3,4)10-17-14-16-7-6-13(18-14)20-5/h6-7,11-12H,8-10H2,1-5H3,(H,16,17,18)/t11-,12-/m0/s1. The summed E-state index contributed by atoms with van der Waals surface area (Å²) in [4.78, 5) is 11.0. The van der Waals surface area contributed by atoms with Crippen molar-refractivity contribution in [1.82, 2.24) is 14.9 Å². The molecule has 1 N–H and O–H groups in total. The van der Waals surface area contributed by atoms with Crippen LogP contribution in [0.25, 0.3) is 0 Å². The molecule has 2 rings (SSSR count). The lowest BCUT2D eigenvalue weighted by atomic mass is 10.0. The second-order valence-electron chi connectivity index (χ2n) is 6.25. The van der Waals surface area contributed by atoms with Crippen LogP contribution in [0.5, 0.6) is 5.88 Å². The largest absolute Gasteiger partial charge is 0.481 e. The van der Waals surface area contributed by atoms with E-state index in [1.807, 2.05) is 0 Å². The number of morpholine rings is 1. The lowest BCUT2D eigenvalue weighted by Crippen LogP contribution is -2.57. The van der Waals surface area contributed by atoms with E-state index in [0.717, 1.165) is 19.6 Å². The van der Waals surface area contributed by atoms with Gasteiger partial charge in [-0.2, -0.15) is 4.98 Å². The summed E-state index contributed by atoms with van der Waals surface area (Å²) in [5.74, 6) is 1.16. The molecule has 118 valence electrons. The maximum Gasteiger partial charge on any atom is 0.226 e. The zero-order valence-electron chi connectivity index (χ0n) is 13.6. The Balaban J connectivity index is 1.96. The van der Waals surface area contributed by atoms with Gasteiger partial charge < -0.3 is 14.8 Å². The first kappa shape index (κ1) is 16.0. The molecule has 21 heavy (non-hydrogen) atoms. The average Bonchev–Trinajstić information content (AvgIpc) is 2.44. The maximum atomic E-state index is 5.80. The van der Waals surface area contributed by atoms with E-state index in [4.69, 9.17) is 9.47 Å². The van der Waals surface area contributed by atoms with Crippen LogP contribution < -0.4 is 10.1 Å². The predicted octanol–water partition coefficient (Wildman–Crippen LogP) is 1.78. The molecular formula is C15H26N4O2. The van der Waals surface area contributed by atoms with E-state index in [1.165, 1.54) is 0 Å². The summed E-state index contributed by atoms with van der Waals surface area (Å²) in [6.45, 7) is 11.3. The number of methoxy groups -OCH3 is 1. The molecule has 0 unspecified atom stereocenters. The van der Waals surface area contributed by atoms with Crippen LogP contribution in [0.3, 0.4) is 0 Å². The number of rotatable bonds is 5. The Morgan fingerprint density at radius 2 is 2.05 bits per heavy atom. The van der Waals surface area contributed by atoms with Crippen molar-refractivity contribution in [3.63, 3.8) is 0 Å². The van der Waals surface area contributed by atoms with Crippen LogP contribution in [0.2, 0.25) is 0 Å². The number of anilines is 1. The molecule has 0 amide bonds. The van der Waals surface area contributed by atoms with Gasteiger partial charge in [-0.1, -0.05) is 0 Å². The van der Waals surface area contributed by atoms with Crippen LogP contribution >= 0.6 is 0 Å². The minimum Gasteiger partial charge on any atom is -0.481 e. The summed E-state index contributed by atoms with van der Waals surface area (Å²) in [6.07, 6.45) is 2.22. The van der Waals surface area contributed by atoms with Crippen LogP contribution in [0, 0.1) is 0 Å². The molecule has 6 nitrogen and oxygen atoms in total. The third-order valence-electron chi connectivity index (χ3n) is 3.79. The van der Waals surface area contributed by atoms with Crippen molar-refractivity contribution in [2.24, 2.45) is 0 Å². The molecule has 0 bridgehead atoms. The van der Waals surface area contributed by atoms with Crippen molar-refractivity contribution < 1.29 is 9.47 Å². The topological polar surface area (TPSA) is 59.5 Å². The van der Waals surface area contributed by atoms with E-state index >= 15 is 0 Å². The highest BCUT2D eigenvalue weighted by Gasteiger charge is 2.33. The van der Waals surface area contributed by atoms with Crippen LogP contribution in [0.15, 0.2) is 12.3 Å². The van der Waals surface area contributed by atoms with Crippen molar-refractivity contribution in [2.75, 3.05) is 32.1 Å². The minimum absolute atomic E-state index is 0.00125. The van der Waals surface area contributed by atoms with Gasteiger partial charge in [0, 0.05) is 37.4 Å². The van der Waals surface area contributed by atoms with Gasteiger partial charge >= 0.3 is 0 Å². The molecule has 0 aliphatic carbocycles. The Morgan fingerprint density at radius 1 is 1.38 bits per heavy atom. The Bertz CT molecular complexity index is 457. The lowest BCUT2D eigenvalue weighted by molar-refractivity contribution is -0.0933. The normalized spacial score (nSPS) is 23.9. The van der Waals surface area contributed by atoms with Gasteiger partial charge in [0.25, 0.3) is 0 Å². The zero-order chi connectivity index (χ0) is 15.5. The highest BCUT2D eigenvalue weighted by atomic mass is 16.5. The van der Waals surface area contributed by atoms with E-state index in [1.54, 1.807) is 19.4 Å². The van der Waals surface area contributed by atoms with Crippen molar-refractivity contribution in [1.29, 1.82) is 0 Å². The second-order valence-corrected chi connectivity index (χ2v) is 6.25. The first-order valence-corrected chi connectivity index (χ1v) is 7.42. The molecule has 0 aromatic carbocycles. The van der Waals surface area contributed by atoms with E-state index < -0.39 is 0 Å². The maximum absolute atomic E-state index is 5.80. The predicted molar refractivity (Wildman–Crippen MR) is 82.7 cm³/mol. The molecule has 1 aromatic rings. The summed E-state index contributed by atoms with van der Waals surface area (Å²) < 4.78 is 10.9. The smallest absolute Gasteiger partial charge is 0.226 e. The average molecular weight is 294 g/mol. The van der Waals surface area contributed by atoms with Crippen molar-refractivity contribution in [3.8, 4) is 5.88 Å². The summed E-state index contributed by atoms with van der Waals surface area (Å²) in [7, 11) is 1.60. The summed E-state index contributed by atoms with van der Waals surface area (Å²) in [5, 5.41) is 3.30. The number of ether oxygens (including phenoxy) is 2. The molecule has 1 fully saturated rings. The van der Waals surface area contributed by atoms with Crippen LogP contribution in [0.1, 0.15) is 27.7 Å². The molecular weight excluding hydrogens is 268 g/mol. The molecule has 6 heteroatoms. The molecule has 1 aliphatic heterocycles. The van der Waals surface area contributed by atoms with Gasteiger partial charge in [-0.3, -0.25) is 4.90 Å². The number of hydrogen-bond acceptors (Lipinski definition) is 6. The molecule has 0 saturated carbocycles. The molecule has 0 spiro atoms. The van der Waals surface area contributed by atoms with Gasteiger partial charge in [0.15, 0.2) is 0 Å². The van der Waals surface area contributed by atoms with E-state index in [-0.39, 0.29) is 17.7 Å². The molecule has 1 saturated heterocycles. The zero-order valence-corrected chi connectivity index (χ0v) is 13.6. The highest BCUT2D eigenvalue weighted by molar-refractivity contribution is 5.28. The third-order valence-corrected chi connectivity index (χ3v) is 3.79. The van der Waals surface area contributed by atoms with Crippen molar-refractivity contribution in [3.05, 3.63) is 12.3 Å². The van der Waals surface area contributed by atoms with Gasteiger partial charge in [0.1, 0.15) is 0 Å². The van der Waals surface area contributed by atoms with Crippen LogP contribution in [-0.4, -0.2) is 59.4 Å².